The van der Waals surface area contributed by atoms with E-state index in [9.17, 15) is 10.0 Å². The molecule has 0 aliphatic heterocycles. The van der Waals surface area contributed by atoms with Crippen LogP contribution in [-0.2, 0) is 0 Å². The summed E-state index contributed by atoms with van der Waals surface area (Å²) < 4.78 is 0. The third kappa shape index (κ3) is 2.54. The van der Waals surface area contributed by atoms with Crippen LogP contribution >= 0.6 is 23.2 Å². The highest BCUT2D eigenvalue weighted by molar-refractivity contribution is 6.60. The highest BCUT2D eigenvalue weighted by atomic mass is 35.5. The summed E-state index contributed by atoms with van der Waals surface area (Å²) in [4.78, 5) is 0. The van der Waals surface area contributed by atoms with Crippen molar-refractivity contribution in [1.82, 2.24) is 0 Å². The van der Waals surface area contributed by atoms with Crippen LogP contribution in [0.1, 0.15) is 0 Å². The van der Waals surface area contributed by atoms with Gasteiger partial charge in [-0.05, 0) is 17.1 Å². The molecule has 0 radical (unpaired) electrons. The van der Waals surface area contributed by atoms with Crippen molar-refractivity contribution >= 4 is 46.6 Å². The second-order valence-corrected chi connectivity index (χ2v) is 5.51. The van der Waals surface area contributed by atoms with Crippen LogP contribution < -0.4 is 5.46 Å². The van der Waals surface area contributed by atoms with Gasteiger partial charge < -0.3 is 10.0 Å². The Kier molecular flexibility index (Phi) is 3.92. The molecule has 0 fully saturated rings. The molecule has 0 aromatic heterocycles. The minimum absolute atomic E-state index is 0.394. The molecule has 21 heavy (non-hydrogen) atoms. The van der Waals surface area contributed by atoms with E-state index in [1.165, 1.54) is 0 Å². The lowest BCUT2D eigenvalue weighted by atomic mass is 9.75. The average molecular weight is 317 g/mol. The van der Waals surface area contributed by atoms with Crippen molar-refractivity contribution in [1.29, 1.82) is 0 Å². The summed E-state index contributed by atoms with van der Waals surface area (Å²) in [6.07, 6.45) is 0. The first-order chi connectivity index (χ1) is 10.1. The fourth-order valence-electron chi connectivity index (χ4n) is 2.46. The third-order valence-electron chi connectivity index (χ3n) is 3.46. The largest absolute Gasteiger partial charge is 0.489 e. The summed E-state index contributed by atoms with van der Waals surface area (Å²) >= 11 is 12.8. The van der Waals surface area contributed by atoms with Crippen LogP contribution in [0.2, 0.25) is 10.0 Å². The summed E-state index contributed by atoms with van der Waals surface area (Å²) in [7, 11) is -1.57. The van der Waals surface area contributed by atoms with Gasteiger partial charge in [-0.3, -0.25) is 0 Å². The first-order valence-corrected chi connectivity index (χ1v) is 7.17. The molecule has 2 nitrogen and oxygen atoms in total. The number of benzene rings is 3. The first kappa shape index (κ1) is 14.4. The number of fused-ring (bicyclic) bond motifs is 1. The molecule has 0 bridgehead atoms. The summed E-state index contributed by atoms with van der Waals surface area (Å²) in [6.45, 7) is 0. The second kappa shape index (κ2) is 5.70. The van der Waals surface area contributed by atoms with Gasteiger partial charge in [-0.25, -0.2) is 0 Å². The van der Waals surface area contributed by atoms with E-state index in [2.05, 4.69) is 0 Å². The lowest BCUT2D eigenvalue weighted by Gasteiger charge is -2.13. The molecule has 0 spiro atoms. The molecule has 0 aliphatic rings. The predicted molar refractivity (Wildman–Crippen MR) is 89.2 cm³/mol. The van der Waals surface area contributed by atoms with Crippen LogP contribution in [-0.4, -0.2) is 17.2 Å². The van der Waals surface area contributed by atoms with Crippen LogP contribution in [0.25, 0.3) is 21.9 Å². The van der Waals surface area contributed by atoms with E-state index in [-0.39, 0.29) is 0 Å². The highest BCUT2D eigenvalue weighted by Gasteiger charge is 2.19. The number of halogens is 2. The monoisotopic (exact) mass is 316 g/mol. The smallest absolute Gasteiger partial charge is 0.423 e. The van der Waals surface area contributed by atoms with Crippen LogP contribution in [0.3, 0.4) is 0 Å². The first-order valence-electron chi connectivity index (χ1n) is 6.42. The quantitative estimate of drug-likeness (QED) is 0.710. The minimum atomic E-state index is -1.57. The lowest BCUT2D eigenvalue weighted by molar-refractivity contribution is 0.426. The van der Waals surface area contributed by atoms with Crippen LogP contribution in [0.5, 0.6) is 0 Å². The minimum Gasteiger partial charge on any atom is -0.423 e. The van der Waals surface area contributed by atoms with E-state index in [0.29, 0.717) is 26.6 Å². The van der Waals surface area contributed by atoms with Crippen LogP contribution in [0, 0.1) is 0 Å². The highest BCUT2D eigenvalue weighted by Crippen LogP contribution is 2.37. The normalized spacial score (nSPS) is 10.9. The van der Waals surface area contributed by atoms with Gasteiger partial charge in [0.1, 0.15) is 0 Å². The molecule has 2 N–H and O–H groups in total. The maximum Gasteiger partial charge on any atom is 0.489 e. The van der Waals surface area contributed by atoms with Gasteiger partial charge in [-0.1, -0.05) is 71.7 Å². The Bertz CT molecular complexity index is 818. The maximum atomic E-state index is 9.52. The van der Waals surface area contributed by atoms with Crippen molar-refractivity contribution in [2.45, 2.75) is 0 Å². The topological polar surface area (TPSA) is 40.5 Å². The number of hydrogen-bond donors (Lipinski definition) is 2. The van der Waals surface area contributed by atoms with E-state index >= 15 is 0 Å². The Labute approximate surface area is 132 Å². The Hall–Kier alpha value is -1.52. The van der Waals surface area contributed by atoms with Crippen molar-refractivity contribution in [2.75, 3.05) is 0 Å². The van der Waals surface area contributed by atoms with Crippen molar-refractivity contribution in [3.63, 3.8) is 0 Å². The van der Waals surface area contributed by atoms with Crippen molar-refractivity contribution in [3.05, 3.63) is 64.6 Å². The zero-order valence-electron chi connectivity index (χ0n) is 10.9. The van der Waals surface area contributed by atoms with Crippen molar-refractivity contribution in [3.8, 4) is 11.1 Å². The maximum absolute atomic E-state index is 9.52. The molecule has 104 valence electrons. The average Bonchev–Trinajstić information content (AvgIpc) is 2.51. The van der Waals surface area contributed by atoms with E-state index < -0.39 is 7.12 Å². The van der Waals surface area contributed by atoms with E-state index in [4.69, 9.17) is 23.2 Å². The Morgan fingerprint density at radius 2 is 1.38 bits per heavy atom. The summed E-state index contributed by atoms with van der Waals surface area (Å²) in [6, 6.07) is 16.4. The molecule has 0 atom stereocenters. The molecule has 0 heterocycles. The molecular formula is C16H11BCl2O2. The molecule has 0 aliphatic carbocycles. The van der Waals surface area contributed by atoms with Crippen molar-refractivity contribution in [2.24, 2.45) is 0 Å². The van der Waals surface area contributed by atoms with Crippen molar-refractivity contribution < 1.29 is 10.0 Å². The number of rotatable bonds is 2. The van der Waals surface area contributed by atoms with Gasteiger partial charge >= 0.3 is 7.12 Å². The Morgan fingerprint density at radius 3 is 2.10 bits per heavy atom. The lowest BCUT2D eigenvalue weighted by Crippen LogP contribution is -2.31. The van der Waals surface area contributed by atoms with Crippen LogP contribution in [0.4, 0.5) is 0 Å². The van der Waals surface area contributed by atoms with Crippen LogP contribution in [0.15, 0.2) is 54.6 Å². The van der Waals surface area contributed by atoms with Gasteiger partial charge in [0, 0.05) is 21.4 Å². The summed E-state index contributed by atoms with van der Waals surface area (Å²) in [5, 5.41) is 21.9. The fraction of sp³-hybridized carbons (Fsp3) is 0. The Balaban J connectivity index is 2.34. The molecule has 3 rings (SSSR count). The van der Waals surface area contributed by atoms with Gasteiger partial charge in [0.05, 0.1) is 5.02 Å². The summed E-state index contributed by atoms with van der Waals surface area (Å²) in [5.74, 6) is 0. The second-order valence-electron chi connectivity index (χ2n) is 4.73. The predicted octanol–water partition coefficient (Wildman–Crippen LogP) is 3.49. The standard InChI is InChI=1S/C16H11BCl2O2/c18-15-9-13(10-5-3-4-8-14(10)17(20)21)16(19)12-7-2-1-6-11(12)15/h1-9,20-21H. The molecule has 0 saturated carbocycles. The molecule has 0 amide bonds. The molecular weight excluding hydrogens is 306 g/mol. The summed E-state index contributed by atoms with van der Waals surface area (Å²) in [5.41, 5.74) is 1.74. The van der Waals surface area contributed by atoms with Gasteiger partial charge in [0.15, 0.2) is 0 Å². The van der Waals surface area contributed by atoms with Gasteiger partial charge in [-0.15, -0.1) is 0 Å². The fourth-order valence-corrected chi connectivity index (χ4v) is 3.05. The van der Waals surface area contributed by atoms with Gasteiger partial charge in [-0.2, -0.15) is 0 Å². The number of hydrogen-bond acceptors (Lipinski definition) is 2. The SMILES string of the molecule is OB(O)c1ccccc1-c1cc(Cl)c2ccccc2c1Cl. The third-order valence-corrected chi connectivity index (χ3v) is 4.18. The molecule has 0 unspecified atom stereocenters. The van der Waals surface area contributed by atoms with Gasteiger partial charge in [0.25, 0.3) is 0 Å². The zero-order valence-corrected chi connectivity index (χ0v) is 12.4. The van der Waals surface area contributed by atoms with Gasteiger partial charge in [0.2, 0.25) is 0 Å². The zero-order chi connectivity index (χ0) is 15.0. The molecule has 3 aromatic rings. The Morgan fingerprint density at radius 1 is 0.762 bits per heavy atom. The molecule has 3 aromatic carbocycles. The van der Waals surface area contributed by atoms with E-state index in [1.54, 1.807) is 24.3 Å². The van der Waals surface area contributed by atoms with E-state index in [0.717, 1.165) is 10.8 Å². The molecule has 0 saturated heterocycles. The van der Waals surface area contributed by atoms with E-state index in [1.807, 2.05) is 30.3 Å². The molecule has 5 heteroatoms.